The number of hydrogen-bond donors (Lipinski definition) is 2. The molecule has 5 aromatic carbocycles. The van der Waals surface area contributed by atoms with E-state index in [2.05, 4.69) is 47.6 Å². The summed E-state index contributed by atoms with van der Waals surface area (Å²) in [5.41, 5.74) is 4.07. The molecule has 0 radical (unpaired) electrons. The van der Waals surface area contributed by atoms with Crippen molar-refractivity contribution in [3.63, 3.8) is 0 Å². The number of aliphatic hydroxyl groups excluding tert-OH is 1. The summed E-state index contributed by atoms with van der Waals surface area (Å²) in [5, 5.41) is 24.5. The second-order valence-electron chi connectivity index (χ2n) is 16.4. The fraction of sp³-hybridized carbons (Fsp3) is 0.277. The number of para-hydroxylation sites is 1. The fourth-order valence-electron chi connectivity index (χ4n) is 9.77. The molecule has 1 fully saturated rings. The number of amides is 1. The first kappa shape index (κ1) is 38.4. The minimum absolute atomic E-state index is 0.0127. The van der Waals surface area contributed by atoms with Crippen LogP contribution in [0.25, 0.3) is 16.6 Å². The lowest BCUT2D eigenvalue weighted by molar-refractivity contribution is -0.146. The van der Waals surface area contributed by atoms with Gasteiger partial charge < -0.3 is 19.5 Å². The quantitative estimate of drug-likeness (QED) is 0.129. The molecule has 300 valence electrons. The van der Waals surface area contributed by atoms with E-state index < -0.39 is 13.7 Å². The summed E-state index contributed by atoms with van der Waals surface area (Å²) < 4.78 is 16.4. The van der Waals surface area contributed by atoms with Crippen molar-refractivity contribution in [2.45, 2.75) is 62.7 Å². The number of carbonyl (C=O) groups excluding carboxylic acids is 1. The third-order valence-electron chi connectivity index (χ3n) is 12.8. The highest BCUT2D eigenvalue weighted by Gasteiger charge is 2.66. The number of nitrogens with one attached hydrogen (secondary N) is 1. The Morgan fingerprint density at radius 2 is 1.63 bits per heavy atom. The van der Waals surface area contributed by atoms with Crippen LogP contribution in [0.1, 0.15) is 41.6 Å². The van der Waals surface area contributed by atoms with Gasteiger partial charge in [0.1, 0.15) is 5.75 Å². The van der Waals surface area contributed by atoms with Crippen LogP contribution in [-0.2, 0) is 28.2 Å². The normalized spacial score (nSPS) is 20.7. The molecule has 1 spiro atoms. The van der Waals surface area contributed by atoms with E-state index in [1.54, 1.807) is 11.8 Å². The van der Waals surface area contributed by atoms with E-state index in [-0.39, 0.29) is 41.6 Å². The number of ether oxygens (including phenoxy) is 2. The summed E-state index contributed by atoms with van der Waals surface area (Å²) >= 11 is 0. The van der Waals surface area contributed by atoms with Gasteiger partial charge in [-0.15, -0.1) is 5.10 Å². The largest absolute Gasteiger partial charge is 0.497 e. The smallest absolute Gasteiger partial charge is 0.279 e. The molecule has 2 N–H and O–H groups in total. The maximum atomic E-state index is 15.5. The van der Waals surface area contributed by atoms with E-state index in [1.807, 2.05) is 131 Å². The monoisotopic (exact) mass is 804 g/mol. The number of hydrogen-bond acceptors (Lipinski definition) is 7. The molecule has 2 aliphatic rings. The first-order chi connectivity index (χ1) is 28.6. The molecule has 1 saturated heterocycles. The average molecular weight is 805 g/mol. The summed E-state index contributed by atoms with van der Waals surface area (Å²) in [5.74, 6) is 0.138. The SMILES string of the molecule is COc1ccc([Si](C)(C)[C@H]2[C@H](CCn3cc(C(CO)c4ccccc4)nn3)O[C@@]3(C(=O)N(Cc4ccccc4)c4ccc(-n5[nH]c6ccccc6c5=O)cc43)[C@@H]2C)cc1. The third kappa shape index (κ3) is 6.51. The van der Waals surface area contributed by atoms with Gasteiger partial charge in [0.25, 0.3) is 11.5 Å². The first-order valence-corrected chi connectivity index (χ1v) is 23.3. The summed E-state index contributed by atoms with van der Waals surface area (Å²) in [7, 11) is -0.778. The highest BCUT2D eigenvalue weighted by atomic mass is 28.3. The van der Waals surface area contributed by atoms with Crippen LogP contribution < -0.4 is 20.4 Å². The number of benzene rings is 5. The van der Waals surface area contributed by atoms with E-state index >= 15 is 4.79 Å². The number of carbonyl (C=O) groups is 1. The lowest BCUT2D eigenvalue weighted by Gasteiger charge is -2.37. The molecule has 9 rings (SSSR count). The standard InChI is InChI=1S/C47H48N6O5Si/c1-31-44(59(3,4)36-22-20-35(57-2)21-23-36)43(25-26-51-29-41(48-50-51)38(30-54)33-15-9-6-10-16-33)58-47(31)39-27-34(53-45(55)37-17-11-12-18-40(37)49-53)19-24-42(39)52(46(47)56)28-32-13-7-5-8-14-32/h5-24,27,29,31,38,43-44,49,54H,25-26,28,30H2,1-4H3/t31-,38?,43+,44-,47+/m1/s1. The van der Waals surface area contributed by atoms with Crippen molar-refractivity contribution < 1.29 is 19.4 Å². The zero-order valence-electron chi connectivity index (χ0n) is 33.7. The van der Waals surface area contributed by atoms with Crippen molar-refractivity contribution in [3.05, 3.63) is 166 Å². The second-order valence-corrected chi connectivity index (χ2v) is 21.1. The molecule has 5 atom stereocenters. The lowest BCUT2D eigenvalue weighted by Crippen LogP contribution is -2.51. The second kappa shape index (κ2) is 15.3. The van der Waals surface area contributed by atoms with Gasteiger partial charge in [0.15, 0.2) is 5.60 Å². The molecule has 1 amide bonds. The van der Waals surface area contributed by atoms with Crippen LogP contribution in [0.4, 0.5) is 5.69 Å². The Morgan fingerprint density at radius 1 is 0.915 bits per heavy atom. The van der Waals surface area contributed by atoms with Crippen LogP contribution in [0.15, 0.2) is 138 Å². The van der Waals surface area contributed by atoms with Crippen molar-refractivity contribution in [1.29, 1.82) is 0 Å². The minimum atomic E-state index is -2.45. The zero-order chi connectivity index (χ0) is 40.9. The van der Waals surface area contributed by atoms with Gasteiger partial charge >= 0.3 is 0 Å². The third-order valence-corrected chi connectivity index (χ3v) is 17.2. The zero-order valence-corrected chi connectivity index (χ0v) is 34.7. The van der Waals surface area contributed by atoms with Crippen molar-refractivity contribution in [2.24, 2.45) is 5.92 Å². The summed E-state index contributed by atoms with van der Waals surface area (Å²) in [6.45, 7) is 7.69. The molecule has 12 heteroatoms. The van der Waals surface area contributed by atoms with Gasteiger partial charge in [-0.1, -0.05) is 115 Å². The Hall–Kier alpha value is -6.08. The predicted octanol–water partition coefficient (Wildman–Crippen LogP) is 6.90. The van der Waals surface area contributed by atoms with Gasteiger partial charge in [0.2, 0.25) is 0 Å². The van der Waals surface area contributed by atoms with Gasteiger partial charge in [-0.25, -0.2) is 4.68 Å². The van der Waals surface area contributed by atoms with Crippen LogP contribution >= 0.6 is 0 Å². The van der Waals surface area contributed by atoms with Crippen LogP contribution in [0.2, 0.25) is 18.6 Å². The maximum Gasteiger partial charge on any atom is 0.279 e. The van der Waals surface area contributed by atoms with Crippen LogP contribution in [0, 0.1) is 5.92 Å². The number of methoxy groups -OCH3 is 1. The summed E-state index contributed by atoms with van der Waals surface area (Å²) in [6, 6.07) is 41.5. The van der Waals surface area contributed by atoms with Gasteiger partial charge in [0, 0.05) is 24.2 Å². The Morgan fingerprint density at radius 3 is 2.34 bits per heavy atom. The van der Waals surface area contributed by atoms with Crippen molar-refractivity contribution >= 4 is 35.8 Å². The molecule has 4 heterocycles. The van der Waals surface area contributed by atoms with E-state index in [1.165, 1.54) is 5.19 Å². The van der Waals surface area contributed by atoms with Gasteiger partial charge in [0.05, 0.1) is 68.3 Å². The highest BCUT2D eigenvalue weighted by molar-refractivity contribution is 6.91. The molecule has 0 bridgehead atoms. The van der Waals surface area contributed by atoms with E-state index in [4.69, 9.17) is 9.47 Å². The van der Waals surface area contributed by atoms with Gasteiger partial charge in [-0.3, -0.25) is 19.4 Å². The molecule has 7 aromatic rings. The molecular weight excluding hydrogens is 757 g/mol. The molecule has 1 unspecified atom stereocenters. The topological polar surface area (TPSA) is 127 Å². The highest BCUT2D eigenvalue weighted by Crippen LogP contribution is 2.60. The molecule has 11 nitrogen and oxygen atoms in total. The van der Waals surface area contributed by atoms with Crippen LogP contribution in [0.5, 0.6) is 5.75 Å². The average Bonchev–Trinajstić information content (AvgIpc) is 4.01. The molecule has 0 aliphatic carbocycles. The van der Waals surface area contributed by atoms with E-state index in [9.17, 15) is 9.90 Å². The molecule has 2 aromatic heterocycles. The Bertz CT molecular complexity index is 2680. The molecule has 0 saturated carbocycles. The summed E-state index contributed by atoms with van der Waals surface area (Å²) in [4.78, 5) is 31.1. The first-order valence-electron chi connectivity index (χ1n) is 20.2. The summed E-state index contributed by atoms with van der Waals surface area (Å²) in [6.07, 6.45) is 2.14. The van der Waals surface area contributed by atoms with E-state index in [0.29, 0.717) is 36.3 Å². The van der Waals surface area contributed by atoms with Crippen LogP contribution in [0.3, 0.4) is 0 Å². The number of aromatic amines is 1. The number of aromatic nitrogens is 5. The lowest BCUT2D eigenvalue weighted by atomic mass is 9.82. The maximum absolute atomic E-state index is 15.5. The van der Waals surface area contributed by atoms with Crippen molar-refractivity contribution in [3.8, 4) is 11.4 Å². The number of fused-ring (bicyclic) bond motifs is 3. The number of aliphatic hydroxyl groups is 1. The number of rotatable bonds is 12. The van der Waals surface area contributed by atoms with Gasteiger partial charge in [-0.05, 0) is 65.6 Å². The van der Waals surface area contributed by atoms with Gasteiger partial charge in [-0.2, -0.15) is 0 Å². The Labute approximate surface area is 343 Å². The number of anilines is 1. The van der Waals surface area contributed by atoms with Crippen LogP contribution in [-0.4, -0.2) is 63.7 Å². The Balaban J connectivity index is 1.14. The number of nitrogens with zero attached hydrogens (tertiary/aromatic N) is 5. The Kier molecular flexibility index (Phi) is 9.94. The minimum Gasteiger partial charge on any atom is -0.497 e. The number of aryl methyl sites for hydroxylation is 1. The number of H-pyrrole nitrogens is 1. The fourth-order valence-corrected chi connectivity index (χ4v) is 13.8. The van der Waals surface area contributed by atoms with E-state index in [0.717, 1.165) is 33.6 Å². The predicted molar refractivity (Wildman–Crippen MR) is 231 cm³/mol. The van der Waals surface area contributed by atoms with Crippen molar-refractivity contribution in [1.82, 2.24) is 24.8 Å². The molecule has 59 heavy (non-hydrogen) atoms. The van der Waals surface area contributed by atoms with Crippen molar-refractivity contribution in [2.75, 3.05) is 18.6 Å². The molecule has 2 aliphatic heterocycles. The molecular formula is C47H48N6O5Si.